The molecule has 3 saturated carbocycles. The molecule has 0 radical (unpaired) electrons. The number of ketones is 2. The molecule has 26 atom stereocenters. The zero-order chi connectivity index (χ0) is 97.2. The molecule has 12 heterocycles. The molecule has 6 saturated heterocycles. The van der Waals surface area contributed by atoms with Crippen LogP contribution in [0.5, 0.6) is 57.5 Å². The number of phenols is 4. The number of hydrogen-bond acceptors (Lipinski definition) is 24. The summed E-state index contributed by atoms with van der Waals surface area (Å²) in [7, 11) is 13.4. The molecule has 12 unspecified atom stereocenters. The van der Waals surface area contributed by atoms with Crippen LogP contribution in [0.25, 0.3) is 0 Å². The van der Waals surface area contributed by atoms with E-state index in [9.17, 15) is 45.3 Å². The molecule has 24 heteroatoms. The minimum absolute atomic E-state index is 0.000602. The average molecular weight is 1910 g/mol. The van der Waals surface area contributed by atoms with Crippen molar-refractivity contribution in [2.24, 2.45) is 35.5 Å². The molecule has 6 spiro atoms. The first kappa shape index (κ1) is 92.2. The lowest BCUT2D eigenvalue weighted by Crippen LogP contribution is -2.66. The van der Waals surface area contributed by atoms with Gasteiger partial charge < -0.3 is 108 Å². The Bertz CT molecular complexity index is 6210. The van der Waals surface area contributed by atoms with Crippen LogP contribution in [0.3, 0.4) is 0 Å². The number of benzene rings is 6. The van der Waals surface area contributed by atoms with E-state index in [1.807, 2.05) is 18.2 Å². The number of ether oxygens (including phenoxy) is 9. The standard InChI is InChI=1S/C22H29NO3.2C21H27NO3.C18H21NO3.C17H21NO3.C17H19NO3/c1-21(2,3)26-17-8-7-15-16-11-13-5-6-14(12-24)19-18(13)22(15,20(17)25-19)9-10-23(16)4;2*1-20(2,3)25-16-8-6-13-14-11-12-5-7-15(23)18-17(12)21(13,19(16)24-18)9-10-22(14)4;1-19-7-6-18-12-4-5-14(21)17(18)22-16-11(9-20)3-2-10(15(16)18)8-13(12)19;2*1-18-7-6-17-10-3-5-13(20)16(17)21-15-12(19)4-2-9(14(15)17)8-11(10)18/h5-6,8,15-16,20,24H,7,9-12H2,1-4H3;5,7-8,13-14,19,23H,6,9-11H2,1-4H3;5-8,13-14,16,19,23H,9-11H2,1-4H3;2-3,12-13,17,20H,4-9H2,1H3;2,4,10-11,13,16,19-20H,3,5-8H2,1H3;2,4,10-11,16,19H,3,5-8H2,1H3/t15-,16+,20?,22?;13-,14+,19?,21?;13-,14+,16-,19?,21?;12-,13+,17?,18?;10-,11+,13-,16?,17?;10-,11+,16?,17?/m000000/s1. The van der Waals surface area contributed by atoms with Crippen molar-refractivity contribution in [3.05, 3.63) is 187 Å². The van der Waals surface area contributed by atoms with Crippen molar-refractivity contribution in [1.29, 1.82) is 0 Å². The smallest absolute Gasteiger partial charge is 0.174 e. The molecule has 0 aromatic heterocycles. The molecule has 12 aliphatic carbocycles. The summed E-state index contributed by atoms with van der Waals surface area (Å²) in [4.78, 5) is 40.1. The lowest BCUT2D eigenvalue weighted by molar-refractivity contribution is -0.138. The summed E-state index contributed by atoms with van der Waals surface area (Å²) < 4.78 is 57.0. The van der Waals surface area contributed by atoms with Gasteiger partial charge in [0.1, 0.15) is 52.5 Å². The van der Waals surface area contributed by atoms with Crippen LogP contribution in [0, 0.1) is 35.5 Å². The number of Topliss-reactive ketones (excluding diaryl/α,β-unsaturated/α-hetero) is 2. The van der Waals surface area contributed by atoms with E-state index in [2.05, 4.69) is 189 Å². The maximum absolute atomic E-state index is 12.6. The number of aliphatic hydroxyl groups is 3. The lowest BCUT2D eigenvalue weighted by Gasteiger charge is -2.58. The van der Waals surface area contributed by atoms with Crippen LogP contribution < -0.4 is 28.4 Å². The Morgan fingerprint density at radius 3 is 1.07 bits per heavy atom. The minimum atomic E-state index is -0.414. The van der Waals surface area contributed by atoms with Gasteiger partial charge >= 0.3 is 0 Å². The maximum Gasteiger partial charge on any atom is 0.174 e. The molecule has 12 bridgehead atoms. The summed E-state index contributed by atoms with van der Waals surface area (Å²) in [6.07, 6.45) is 27.1. The molecule has 24 nitrogen and oxygen atoms in total. The highest BCUT2D eigenvalue weighted by Crippen LogP contribution is 2.71. The first-order valence-corrected chi connectivity index (χ1v) is 52.9. The largest absolute Gasteiger partial charge is 0.504 e. The van der Waals surface area contributed by atoms with Crippen LogP contribution >= 0.6 is 0 Å². The molecule has 6 aromatic carbocycles. The highest BCUT2D eigenvalue weighted by molar-refractivity contribution is 5.90. The van der Waals surface area contributed by atoms with E-state index in [4.69, 9.17) is 42.6 Å². The molecule has 24 aliphatic rings. The zero-order valence-corrected chi connectivity index (χ0v) is 84.4. The first-order valence-electron chi connectivity index (χ1n) is 52.9. The molecule has 30 rings (SSSR count). The second kappa shape index (κ2) is 32.0. The van der Waals surface area contributed by atoms with E-state index in [1.165, 1.54) is 61.2 Å². The minimum Gasteiger partial charge on any atom is -0.504 e. The van der Waals surface area contributed by atoms with Gasteiger partial charge in [0.05, 0.1) is 24.9 Å². The van der Waals surface area contributed by atoms with Gasteiger partial charge in [-0.05, 0) is 359 Å². The summed E-state index contributed by atoms with van der Waals surface area (Å²) in [5.41, 5.74) is 16.1. The van der Waals surface area contributed by atoms with Gasteiger partial charge in [-0.3, -0.25) is 9.59 Å². The normalized spacial score (nSPS) is 38.2. The van der Waals surface area contributed by atoms with Gasteiger partial charge in [-0.2, -0.15) is 0 Å². The summed E-state index contributed by atoms with van der Waals surface area (Å²) in [5, 5.41) is 71.5. The topological polar surface area (TPSA) is 278 Å². The number of aliphatic hydroxyl groups excluding tert-OH is 3. The fourth-order valence-corrected chi connectivity index (χ4v) is 34.4. The predicted molar refractivity (Wildman–Crippen MR) is 528 cm³/mol. The number of carbonyl (C=O) groups excluding carboxylic acids is 2. The van der Waals surface area contributed by atoms with Crippen molar-refractivity contribution >= 4 is 11.6 Å². The van der Waals surface area contributed by atoms with Gasteiger partial charge in [-0.25, -0.2) is 0 Å². The fraction of sp³-hybridized carbons (Fsp3) is 0.621. The second-order valence-electron chi connectivity index (χ2n) is 49.5. The van der Waals surface area contributed by atoms with E-state index >= 15 is 0 Å². The average Bonchev–Trinajstić information content (AvgIpc) is 1.47. The van der Waals surface area contributed by atoms with Gasteiger partial charge in [0, 0.05) is 132 Å². The Hall–Kier alpha value is -8.92. The maximum atomic E-state index is 12.6. The van der Waals surface area contributed by atoms with Gasteiger partial charge in [0.25, 0.3) is 0 Å². The Kier molecular flexibility index (Phi) is 21.1. The Morgan fingerprint density at radius 1 is 0.350 bits per heavy atom. The van der Waals surface area contributed by atoms with Crippen molar-refractivity contribution in [1.82, 2.24) is 29.4 Å². The quantitative estimate of drug-likeness (QED) is 0.0790. The number of likely N-dealkylation sites (N-methyl/N-ethyl adjacent to an activating group) is 6. The summed E-state index contributed by atoms with van der Waals surface area (Å²) in [6, 6.07) is 26.9. The van der Waals surface area contributed by atoms with Crippen LogP contribution in [-0.4, -0.2) is 260 Å². The van der Waals surface area contributed by atoms with E-state index in [0.29, 0.717) is 108 Å². The number of hydrogen-bond donors (Lipinski definition) is 7. The summed E-state index contributed by atoms with van der Waals surface area (Å²) >= 11 is 0. The second-order valence-corrected chi connectivity index (χ2v) is 49.5. The fourth-order valence-electron chi connectivity index (χ4n) is 34.4. The van der Waals surface area contributed by atoms with Crippen LogP contribution in [0.1, 0.15) is 230 Å². The monoisotopic (exact) mass is 1910 g/mol. The van der Waals surface area contributed by atoms with E-state index in [1.54, 1.807) is 24.3 Å². The number of nitrogens with zero attached hydrogens (tertiary/aromatic N) is 6. The molecule has 9 fully saturated rings. The van der Waals surface area contributed by atoms with E-state index in [0.717, 1.165) is 195 Å². The molecule has 140 heavy (non-hydrogen) atoms. The number of carbonyl (C=O) groups is 2. The molecule has 0 amide bonds. The van der Waals surface area contributed by atoms with E-state index in [-0.39, 0.29) is 140 Å². The Morgan fingerprint density at radius 2 is 0.664 bits per heavy atom. The van der Waals surface area contributed by atoms with E-state index < -0.39 is 6.10 Å². The van der Waals surface area contributed by atoms with Crippen molar-refractivity contribution in [3.63, 3.8) is 0 Å². The number of aromatic hydroxyl groups is 4. The summed E-state index contributed by atoms with van der Waals surface area (Å²) in [6.45, 7) is 25.1. The molecule has 7 N–H and O–H groups in total. The highest BCUT2D eigenvalue weighted by atomic mass is 16.6. The van der Waals surface area contributed by atoms with Gasteiger partial charge in [-0.15, -0.1) is 0 Å². The number of likely N-dealkylation sites (tertiary alicyclic amines) is 6. The van der Waals surface area contributed by atoms with Crippen molar-refractivity contribution < 1.29 is 88.0 Å². The molecule has 12 aliphatic heterocycles. The number of rotatable bonds is 5. The number of allylic oxidation sites excluding steroid dienone is 2. The van der Waals surface area contributed by atoms with Crippen LogP contribution in [-0.2, 0) is 108 Å². The van der Waals surface area contributed by atoms with Crippen molar-refractivity contribution in [2.45, 2.75) is 338 Å². The van der Waals surface area contributed by atoms with Gasteiger partial charge in [-0.1, -0.05) is 60.7 Å². The van der Waals surface area contributed by atoms with Crippen LogP contribution in [0.2, 0.25) is 0 Å². The summed E-state index contributed by atoms with van der Waals surface area (Å²) in [5.74, 6) is 10.9. The number of phenolic OH excluding ortho intramolecular Hbond substituents is 4. The SMILES string of the molecule is CN1CCC23c4c5ccc(CO)c4OC2C(=O)CC[C@H]3[C@H]1C5.CN1CCC23c4c5ccc(CO)c4OC2C(OC(C)(C)C)=CC[C@H]3[C@H]1C5.CN1CCC23c4c5ccc(O)c4OC2C(=O)CC[C@H]3[C@H]1C5.CN1CCC23c4c5ccc(O)c4OC2C(OC(C)(C)C)=CC[C@H]3[C@H]1C5.CN1CCC23c4c5ccc(O)c4OC2[C@@H](O)CC[C@H]3[C@H]1C5.CN1CCC23c4c5ccc(O)c4OC2[C@@H](OC(C)(C)C)C=C[C@H]3[C@H]1C5. The first-order chi connectivity index (χ1) is 66.9. The predicted octanol–water partition coefficient (Wildman–Crippen LogP) is 14.0. The lowest BCUT2D eigenvalue weighted by atomic mass is 9.51. The third-order valence-electron chi connectivity index (χ3n) is 39.8. The van der Waals surface area contributed by atoms with Crippen molar-refractivity contribution in [2.75, 3.05) is 81.6 Å². The highest BCUT2D eigenvalue weighted by Gasteiger charge is 2.73. The zero-order valence-electron chi connectivity index (χ0n) is 84.4. The third-order valence-corrected chi connectivity index (χ3v) is 39.8. The van der Waals surface area contributed by atoms with Gasteiger partial charge in [0.2, 0.25) is 0 Å². The van der Waals surface area contributed by atoms with Crippen molar-refractivity contribution in [3.8, 4) is 57.5 Å². The third kappa shape index (κ3) is 12.8. The molecule has 746 valence electrons. The molecular weight excluding hydrogens is 1770 g/mol. The molecule has 6 aromatic rings. The molecular formula is C116H144N6O18. The van der Waals surface area contributed by atoms with Crippen LogP contribution in [0.4, 0.5) is 0 Å². The number of piperidine rings is 6. The van der Waals surface area contributed by atoms with Crippen LogP contribution in [0.15, 0.2) is 109 Å². The Labute approximate surface area is 823 Å². The van der Waals surface area contributed by atoms with Gasteiger partial charge in [0.15, 0.2) is 82.0 Å². The Balaban J connectivity index is 0.0000000888.